The summed E-state index contributed by atoms with van der Waals surface area (Å²) in [5.41, 5.74) is 2.60. The molecule has 1 saturated heterocycles. The molecule has 0 spiro atoms. The highest BCUT2D eigenvalue weighted by Crippen LogP contribution is 2.15. The van der Waals surface area contributed by atoms with Crippen LogP contribution in [-0.2, 0) is 4.79 Å². The molecular weight excluding hydrogens is 246 g/mol. The molecule has 2 rings (SSSR count). The van der Waals surface area contributed by atoms with Crippen molar-refractivity contribution in [3.8, 4) is 0 Å². The first-order chi connectivity index (χ1) is 8.60. The Labute approximate surface area is 112 Å². The molecule has 1 fully saturated rings. The molecule has 1 aromatic rings. The molecule has 1 aliphatic heterocycles. The zero-order valence-electron chi connectivity index (χ0n) is 10.4. The van der Waals surface area contributed by atoms with Crippen molar-refractivity contribution in [2.45, 2.75) is 6.92 Å². The molecule has 0 bridgehead atoms. The van der Waals surface area contributed by atoms with Gasteiger partial charge in [-0.25, -0.2) is 0 Å². The molecule has 18 heavy (non-hydrogen) atoms. The SMILES string of the molecule is CCN(C)c1ccc(C=C2NC(=S)NC2=O)cc1. The van der Waals surface area contributed by atoms with E-state index in [-0.39, 0.29) is 5.91 Å². The highest BCUT2D eigenvalue weighted by atomic mass is 32.1. The molecule has 1 heterocycles. The van der Waals surface area contributed by atoms with E-state index in [1.807, 2.05) is 31.3 Å². The van der Waals surface area contributed by atoms with E-state index in [9.17, 15) is 4.79 Å². The second-order valence-corrected chi connectivity index (χ2v) is 4.48. The molecular formula is C13H15N3OS. The van der Waals surface area contributed by atoms with Gasteiger partial charge < -0.3 is 10.2 Å². The highest BCUT2D eigenvalue weighted by molar-refractivity contribution is 7.80. The van der Waals surface area contributed by atoms with Crippen LogP contribution >= 0.6 is 12.2 Å². The Morgan fingerprint density at radius 3 is 2.44 bits per heavy atom. The Morgan fingerprint density at radius 2 is 1.94 bits per heavy atom. The number of benzene rings is 1. The van der Waals surface area contributed by atoms with Gasteiger partial charge in [0.1, 0.15) is 5.70 Å². The first-order valence-corrected chi connectivity index (χ1v) is 6.16. The largest absolute Gasteiger partial charge is 0.375 e. The Kier molecular flexibility index (Phi) is 3.62. The van der Waals surface area contributed by atoms with Crippen LogP contribution in [0.3, 0.4) is 0 Å². The summed E-state index contributed by atoms with van der Waals surface area (Å²) in [6.07, 6.45) is 1.78. The number of nitrogens with one attached hydrogen (secondary N) is 2. The second kappa shape index (κ2) is 5.18. The Balaban J connectivity index is 2.18. The fraction of sp³-hybridized carbons (Fsp3) is 0.231. The van der Waals surface area contributed by atoms with Crippen LogP contribution in [0.2, 0.25) is 0 Å². The van der Waals surface area contributed by atoms with Gasteiger partial charge in [-0.1, -0.05) is 12.1 Å². The predicted molar refractivity (Wildman–Crippen MR) is 77.2 cm³/mol. The number of hydrogen-bond donors (Lipinski definition) is 2. The number of anilines is 1. The third-order valence-electron chi connectivity index (χ3n) is 2.84. The van der Waals surface area contributed by atoms with E-state index < -0.39 is 0 Å². The van der Waals surface area contributed by atoms with Crippen LogP contribution in [0.1, 0.15) is 12.5 Å². The Morgan fingerprint density at radius 1 is 1.28 bits per heavy atom. The van der Waals surface area contributed by atoms with Crippen molar-refractivity contribution in [1.29, 1.82) is 0 Å². The maximum absolute atomic E-state index is 11.5. The van der Waals surface area contributed by atoms with E-state index in [4.69, 9.17) is 12.2 Å². The molecule has 0 radical (unpaired) electrons. The summed E-state index contributed by atoms with van der Waals surface area (Å²) in [6, 6.07) is 8.01. The van der Waals surface area contributed by atoms with Crippen molar-refractivity contribution in [3.05, 3.63) is 35.5 Å². The van der Waals surface area contributed by atoms with Gasteiger partial charge in [-0.05, 0) is 42.9 Å². The van der Waals surface area contributed by atoms with Crippen LogP contribution < -0.4 is 15.5 Å². The molecule has 0 unspecified atom stereocenters. The highest BCUT2D eigenvalue weighted by Gasteiger charge is 2.19. The lowest BCUT2D eigenvalue weighted by atomic mass is 10.1. The van der Waals surface area contributed by atoms with Crippen molar-refractivity contribution in [1.82, 2.24) is 10.6 Å². The predicted octanol–water partition coefficient (Wildman–Crippen LogP) is 1.49. The summed E-state index contributed by atoms with van der Waals surface area (Å²) in [6.45, 7) is 3.06. The number of thiocarbonyl (C=S) groups is 1. The summed E-state index contributed by atoms with van der Waals surface area (Å²) in [7, 11) is 2.04. The average molecular weight is 261 g/mol. The number of carbonyl (C=O) groups excluding carboxylic acids is 1. The summed E-state index contributed by atoms with van der Waals surface area (Å²) >= 11 is 4.87. The summed E-state index contributed by atoms with van der Waals surface area (Å²) in [5.74, 6) is -0.185. The molecule has 1 aromatic carbocycles. The van der Waals surface area contributed by atoms with Gasteiger partial charge in [0.05, 0.1) is 0 Å². The lowest BCUT2D eigenvalue weighted by Crippen LogP contribution is -2.21. The summed E-state index contributed by atoms with van der Waals surface area (Å²) in [4.78, 5) is 13.6. The minimum atomic E-state index is -0.185. The van der Waals surface area contributed by atoms with Crippen molar-refractivity contribution in [2.24, 2.45) is 0 Å². The summed E-state index contributed by atoms with van der Waals surface area (Å²) < 4.78 is 0. The second-order valence-electron chi connectivity index (χ2n) is 4.07. The van der Waals surface area contributed by atoms with Crippen molar-refractivity contribution >= 4 is 35.0 Å². The Hall–Kier alpha value is -1.88. The number of rotatable bonds is 3. The molecule has 0 atom stereocenters. The molecule has 94 valence electrons. The molecule has 0 saturated carbocycles. The first-order valence-electron chi connectivity index (χ1n) is 5.75. The van der Waals surface area contributed by atoms with Crippen LogP contribution in [0, 0.1) is 0 Å². The van der Waals surface area contributed by atoms with E-state index in [1.165, 1.54) is 0 Å². The topological polar surface area (TPSA) is 44.4 Å². The standard InChI is InChI=1S/C13H15N3OS/c1-3-16(2)10-6-4-9(5-7-10)8-11-12(17)15-13(18)14-11/h4-8H,3H2,1-2H3,(H2,14,15,17,18). The molecule has 1 aliphatic rings. The molecule has 2 N–H and O–H groups in total. The van der Waals surface area contributed by atoms with Crippen LogP contribution in [0.5, 0.6) is 0 Å². The van der Waals surface area contributed by atoms with Crippen LogP contribution in [0.4, 0.5) is 5.69 Å². The zero-order chi connectivity index (χ0) is 13.1. The molecule has 1 amide bonds. The molecule has 0 aliphatic carbocycles. The summed E-state index contributed by atoms with van der Waals surface area (Å²) in [5, 5.41) is 5.71. The lowest BCUT2D eigenvalue weighted by Gasteiger charge is -2.16. The minimum absolute atomic E-state index is 0.185. The monoisotopic (exact) mass is 261 g/mol. The van der Waals surface area contributed by atoms with Crippen molar-refractivity contribution in [3.63, 3.8) is 0 Å². The minimum Gasteiger partial charge on any atom is -0.375 e. The number of amides is 1. The third kappa shape index (κ3) is 2.68. The maximum atomic E-state index is 11.5. The average Bonchev–Trinajstić information content (AvgIpc) is 2.68. The van der Waals surface area contributed by atoms with Crippen molar-refractivity contribution in [2.75, 3.05) is 18.5 Å². The normalized spacial score (nSPS) is 16.7. The number of nitrogens with zero attached hydrogens (tertiary/aromatic N) is 1. The van der Waals surface area contributed by atoms with Crippen LogP contribution in [0.25, 0.3) is 6.08 Å². The van der Waals surface area contributed by atoms with E-state index in [0.717, 1.165) is 17.8 Å². The third-order valence-corrected chi connectivity index (χ3v) is 3.04. The van der Waals surface area contributed by atoms with E-state index in [2.05, 4.69) is 22.5 Å². The first kappa shape index (κ1) is 12.6. The maximum Gasteiger partial charge on any atom is 0.273 e. The van der Waals surface area contributed by atoms with Gasteiger partial charge >= 0.3 is 0 Å². The van der Waals surface area contributed by atoms with Gasteiger partial charge in [0.25, 0.3) is 5.91 Å². The lowest BCUT2D eigenvalue weighted by molar-refractivity contribution is -0.115. The van der Waals surface area contributed by atoms with E-state index in [1.54, 1.807) is 6.08 Å². The van der Waals surface area contributed by atoms with Crippen molar-refractivity contribution < 1.29 is 4.79 Å². The fourth-order valence-electron chi connectivity index (χ4n) is 1.66. The van der Waals surface area contributed by atoms with Gasteiger partial charge in [-0.2, -0.15) is 0 Å². The van der Waals surface area contributed by atoms with Crippen LogP contribution in [0.15, 0.2) is 30.0 Å². The number of carbonyl (C=O) groups is 1. The van der Waals surface area contributed by atoms with Gasteiger partial charge in [-0.15, -0.1) is 0 Å². The van der Waals surface area contributed by atoms with Gasteiger partial charge in [0.2, 0.25) is 0 Å². The van der Waals surface area contributed by atoms with Gasteiger partial charge in [-0.3, -0.25) is 10.1 Å². The quantitative estimate of drug-likeness (QED) is 0.639. The smallest absolute Gasteiger partial charge is 0.273 e. The van der Waals surface area contributed by atoms with E-state index in [0.29, 0.717) is 10.8 Å². The number of hydrogen-bond acceptors (Lipinski definition) is 3. The molecule has 5 heteroatoms. The Bertz CT molecular complexity index is 507. The van der Waals surface area contributed by atoms with E-state index >= 15 is 0 Å². The van der Waals surface area contributed by atoms with Gasteiger partial charge in [0, 0.05) is 19.3 Å². The molecule has 0 aromatic heterocycles. The van der Waals surface area contributed by atoms with Crippen LogP contribution in [-0.4, -0.2) is 24.6 Å². The van der Waals surface area contributed by atoms with Gasteiger partial charge in [0.15, 0.2) is 5.11 Å². The molecule has 4 nitrogen and oxygen atoms in total. The fourth-order valence-corrected chi connectivity index (χ4v) is 1.86. The zero-order valence-corrected chi connectivity index (χ0v) is 11.2.